The summed E-state index contributed by atoms with van der Waals surface area (Å²) in [7, 11) is 0. The minimum atomic E-state index is 0.446. The van der Waals surface area contributed by atoms with Crippen molar-refractivity contribution in [2.75, 3.05) is 13.2 Å². The van der Waals surface area contributed by atoms with Gasteiger partial charge in [0.05, 0.1) is 6.10 Å². The van der Waals surface area contributed by atoms with Crippen molar-refractivity contribution < 1.29 is 4.74 Å². The van der Waals surface area contributed by atoms with E-state index in [0.29, 0.717) is 12.1 Å². The lowest BCUT2D eigenvalue weighted by Gasteiger charge is -2.27. The zero-order valence-electron chi connectivity index (χ0n) is 10.8. The maximum atomic E-state index is 5.66. The van der Waals surface area contributed by atoms with Gasteiger partial charge in [-0.3, -0.25) is 0 Å². The van der Waals surface area contributed by atoms with Crippen molar-refractivity contribution in [1.82, 2.24) is 5.32 Å². The van der Waals surface area contributed by atoms with E-state index < -0.39 is 0 Å². The van der Waals surface area contributed by atoms with E-state index in [2.05, 4.69) is 33.0 Å². The molecule has 0 spiro atoms. The molecule has 1 saturated heterocycles. The Balaban J connectivity index is 2.41. The highest BCUT2D eigenvalue weighted by molar-refractivity contribution is 4.84. The van der Waals surface area contributed by atoms with E-state index in [1.807, 2.05) is 0 Å². The predicted octanol–water partition coefficient (Wildman–Crippen LogP) is 2.83. The maximum Gasteiger partial charge on any atom is 0.0590 e. The van der Waals surface area contributed by atoms with E-state index in [9.17, 15) is 0 Å². The topological polar surface area (TPSA) is 21.3 Å². The van der Waals surface area contributed by atoms with Crippen molar-refractivity contribution in [2.24, 2.45) is 11.8 Å². The summed E-state index contributed by atoms with van der Waals surface area (Å²) in [5.41, 5.74) is 0. The second-order valence-electron chi connectivity index (χ2n) is 5.16. The molecule has 0 aromatic rings. The molecule has 3 atom stereocenters. The van der Waals surface area contributed by atoms with Crippen molar-refractivity contribution >= 4 is 0 Å². The van der Waals surface area contributed by atoms with Crippen LogP contribution in [-0.4, -0.2) is 25.3 Å². The lowest BCUT2D eigenvalue weighted by atomic mass is 9.88. The fraction of sp³-hybridized carbons (Fsp3) is 1.00. The first-order chi connectivity index (χ1) is 7.15. The average molecular weight is 213 g/mol. The highest BCUT2D eigenvalue weighted by Gasteiger charge is 2.30. The summed E-state index contributed by atoms with van der Waals surface area (Å²) in [5, 5.41) is 3.63. The second kappa shape index (κ2) is 6.49. The van der Waals surface area contributed by atoms with Crippen LogP contribution in [0.25, 0.3) is 0 Å². The molecule has 1 fully saturated rings. The van der Waals surface area contributed by atoms with Crippen molar-refractivity contribution in [1.29, 1.82) is 0 Å². The lowest BCUT2D eigenvalue weighted by Crippen LogP contribution is -2.39. The molecule has 0 amide bonds. The largest absolute Gasteiger partial charge is 0.378 e. The van der Waals surface area contributed by atoms with Gasteiger partial charge in [-0.2, -0.15) is 0 Å². The molecule has 0 saturated carbocycles. The summed E-state index contributed by atoms with van der Waals surface area (Å²) in [5.74, 6) is 1.53. The lowest BCUT2D eigenvalue weighted by molar-refractivity contribution is 0.0937. The normalized spacial score (nSPS) is 28.6. The van der Waals surface area contributed by atoms with Gasteiger partial charge in [-0.15, -0.1) is 0 Å². The molecule has 1 heterocycles. The first-order valence-corrected chi connectivity index (χ1v) is 6.50. The van der Waals surface area contributed by atoms with Gasteiger partial charge < -0.3 is 10.1 Å². The molecule has 15 heavy (non-hydrogen) atoms. The summed E-state index contributed by atoms with van der Waals surface area (Å²) in [6.45, 7) is 11.1. The zero-order chi connectivity index (χ0) is 11.3. The average Bonchev–Trinajstić information content (AvgIpc) is 2.59. The number of hydrogen-bond acceptors (Lipinski definition) is 2. The van der Waals surface area contributed by atoms with Crippen molar-refractivity contribution in [3.05, 3.63) is 0 Å². The molecule has 1 aliphatic heterocycles. The Morgan fingerprint density at radius 1 is 1.33 bits per heavy atom. The van der Waals surface area contributed by atoms with E-state index in [4.69, 9.17) is 4.74 Å². The third kappa shape index (κ3) is 4.12. The van der Waals surface area contributed by atoms with Crippen LogP contribution in [0, 0.1) is 11.8 Å². The Labute approximate surface area is 94.8 Å². The Morgan fingerprint density at radius 3 is 2.53 bits per heavy atom. The predicted molar refractivity (Wildman–Crippen MR) is 65.1 cm³/mol. The molecule has 0 radical (unpaired) electrons. The Kier molecular flexibility index (Phi) is 5.62. The highest BCUT2D eigenvalue weighted by atomic mass is 16.5. The summed E-state index contributed by atoms with van der Waals surface area (Å²) in [4.78, 5) is 0. The number of ether oxygens (including phenoxy) is 1. The van der Waals surface area contributed by atoms with E-state index in [1.165, 1.54) is 19.3 Å². The van der Waals surface area contributed by atoms with E-state index in [-0.39, 0.29) is 0 Å². The maximum absolute atomic E-state index is 5.66. The minimum absolute atomic E-state index is 0.446. The molecule has 1 aliphatic rings. The molecule has 2 nitrogen and oxygen atoms in total. The Hall–Kier alpha value is -0.0800. The second-order valence-corrected chi connectivity index (χ2v) is 5.16. The smallest absolute Gasteiger partial charge is 0.0590 e. The SMILES string of the molecule is CCNC(CCC(C)C)C1CCOC1C. The summed E-state index contributed by atoms with van der Waals surface area (Å²) in [6.07, 6.45) is 4.29. The molecular weight excluding hydrogens is 186 g/mol. The standard InChI is InChI=1S/C13H27NO/c1-5-14-13(7-6-10(2)3)12-8-9-15-11(12)4/h10-14H,5-9H2,1-4H3. The summed E-state index contributed by atoms with van der Waals surface area (Å²) in [6, 6.07) is 0.662. The van der Waals surface area contributed by atoms with Crippen molar-refractivity contribution in [3.8, 4) is 0 Å². The fourth-order valence-corrected chi connectivity index (χ4v) is 2.52. The molecule has 1 rings (SSSR count). The van der Waals surface area contributed by atoms with E-state index >= 15 is 0 Å². The van der Waals surface area contributed by atoms with Crippen LogP contribution in [-0.2, 0) is 4.74 Å². The Morgan fingerprint density at radius 2 is 2.07 bits per heavy atom. The van der Waals surface area contributed by atoms with Gasteiger partial charge >= 0.3 is 0 Å². The quantitative estimate of drug-likeness (QED) is 0.732. The first kappa shape index (κ1) is 13.0. The van der Waals surface area contributed by atoms with Gasteiger partial charge in [-0.25, -0.2) is 0 Å². The molecule has 0 aromatic heterocycles. The molecule has 1 N–H and O–H groups in total. The van der Waals surface area contributed by atoms with Crippen LogP contribution in [0.2, 0.25) is 0 Å². The van der Waals surface area contributed by atoms with Crippen LogP contribution in [0.5, 0.6) is 0 Å². The molecule has 2 heteroatoms. The zero-order valence-corrected chi connectivity index (χ0v) is 10.8. The Bertz CT molecular complexity index is 170. The van der Waals surface area contributed by atoms with Gasteiger partial charge in [0.25, 0.3) is 0 Å². The van der Waals surface area contributed by atoms with Crippen LogP contribution in [0.4, 0.5) is 0 Å². The molecule has 0 aromatic carbocycles. The van der Waals surface area contributed by atoms with Crippen LogP contribution in [0.1, 0.15) is 47.0 Å². The van der Waals surface area contributed by atoms with Gasteiger partial charge in [0.1, 0.15) is 0 Å². The van der Waals surface area contributed by atoms with Crippen LogP contribution in [0.3, 0.4) is 0 Å². The first-order valence-electron chi connectivity index (χ1n) is 6.50. The third-order valence-electron chi connectivity index (χ3n) is 3.47. The van der Waals surface area contributed by atoms with E-state index in [0.717, 1.165) is 25.0 Å². The van der Waals surface area contributed by atoms with Gasteiger partial charge in [0, 0.05) is 18.6 Å². The number of hydrogen-bond donors (Lipinski definition) is 1. The van der Waals surface area contributed by atoms with Crippen LogP contribution < -0.4 is 5.32 Å². The molecule has 0 aliphatic carbocycles. The van der Waals surface area contributed by atoms with Gasteiger partial charge in [0.2, 0.25) is 0 Å². The van der Waals surface area contributed by atoms with Crippen molar-refractivity contribution in [2.45, 2.75) is 59.1 Å². The van der Waals surface area contributed by atoms with Crippen molar-refractivity contribution in [3.63, 3.8) is 0 Å². The monoisotopic (exact) mass is 213 g/mol. The molecular formula is C13H27NO. The van der Waals surface area contributed by atoms with Crippen LogP contribution >= 0.6 is 0 Å². The number of rotatable bonds is 6. The van der Waals surface area contributed by atoms with E-state index in [1.54, 1.807) is 0 Å². The third-order valence-corrected chi connectivity index (χ3v) is 3.47. The fourth-order valence-electron chi connectivity index (χ4n) is 2.52. The molecule has 90 valence electrons. The van der Waals surface area contributed by atoms with Gasteiger partial charge in [-0.1, -0.05) is 20.8 Å². The molecule has 3 unspecified atom stereocenters. The minimum Gasteiger partial charge on any atom is -0.378 e. The van der Waals surface area contributed by atoms with Gasteiger partial charge in [-0.05, 0) is 38.6 Å². The summed E-state index contributed by atoms with van der Waals surface area (Å²) >= 11 is 0. The highest BCUT2D eigenvalue weighted by Crippen LogP contribution is 2.27. The molecule has 0 bridgehead atoms. The van der Waals surface area contributed by atoms with Crippen LogP contribution in [0.15, 0.2) is 0 Å². The van der Waals surface area contributed by atoms with Gasteiger partial charge in [0.15, 0.2) is 0 Å². The summed E-state index contributed by atoms with van der Waals surface area (Å²) < 4.78 is 5.66. The number of nitrogens with one attached hydrogen (secondary N) is 1.